The highest BCUT2D eigenvalue weighted by Crippen LogP contribution is 2.40. The molecule has 28 heavy (non-hydrogen) atoms. The van der Waals surface area contributed by atoms with Crippen LogP contribution in [0.3, 0.4) is 0 Å². The normalized spacial score (nSPS) is 25.7. The number of Topliss-reactive ketones (excluding diaryl/α,β-unsaturated/α-hetero) is 1. The van der Waals surface area contributed by atoms with E-state index < -0.39 is 35.6 Å². The van der Waals surface area contributed by atoms with Crippen LogP contribution in [-0.2, 0) is 25.3 Å². The van der Waals surface area contributed by atoms with Gasteiger partial charge in [-0.15, -0.1) is 0 Å². The van der Waals surface area contributed by atoms with Crippen molar-refractivity contribution < 1.29 is 32.3 Å². The summed E-state index contributed by atoms with van der Waals surface area (Å²) < 4.78 is 43.5. The predicted molar refractivity (Wildman–Crippen MR) is 94.2 cm³/mol. The van der Waals surface area contributed by atoms with Crippen LogP contribution in [0.2, 0.25) is 0 Å². The van der Waals surface area contributed by atoms with Crippen molar-refractivity contribution in [2.45, 2.75) is 51.3 Å². The number of rotatable bonds is 4. The molecule has 1 amide bonds. The SMILES string of the molecule is CC(OC(=O)C1CC2CCCC(C1)C2=O)C(=O)Nc1cccc(C(F)(F)F)c1. The molecule has 5 nitrogen and oxygen atoms in total. The highest BCUT2D eigenvalue weighted by Gasteiger charge is 2.42. The number of ketones is 1. The predicted octanol–water partition coefficient (Wildman–Crippen LogP) is 3.97. The van der Waals surface area contributed by atoms with Gasteiger partial charge >= 0.3 is 12.1 Å². The number of hydrogen-bond acceptors (Lipinski definition) is 4. The fourth-order valence-electron chi connectivity index (χ4n) is 4.01. The maximum Gasteiger partial charge on any atom is 0.416 e. The average Bonchev–Trinajstić information content (AvgIpc) is 2.60. The zero-order valence-electron chi connectivity index (χ0n) is 15.4. The van der Waals surface area contributed by atoms with Gasteiger partial charge < -0.3 is 10.1 Å². The summed E-state index contributed by atoms with van der Waals surface area (Å²) in [6, 6.07) is 4.24. The summed E-state index contributed by atoms with van der Waals surface area (Å²) in [5.74, 6) is -1.66. The summed E-state index contributed by atoms with van der Waals surface area (Å²) in [4.78, 5) is 36.8. The Kier molecular flexibility index (Phi) is 5.76. The zero-order chi connectivity index (χ0) is 20.5. The fraction of sp³-hybridized carbons (Fsp3) is 0.550. The van der Waals surface area contributed by atoms with E-state index in [0.717, 1.165) is 31.4 Å². The van der Waals surface area contributed by atoms with Crippen LogP contribution in [0.1, 0.15) is 44.6 Å². The van der Waals surface area contributed by atoms with Crippen LogP contribution in [0, 0.1) is 17.8 Å². The lowest BCUT2D eigenvalue weighted by Gasteiger charge is -2.36. The van der Waals surface area contributed by atoms with Crippen molar-refractivity contribution in [2.24, 2.45) is 17.8 Å². The molecule has 0 saturated heterocycles. The molecule has 2 saturated carbocycles. The molecule has 1 N–H and O–H groups in total. The molecule has 0 aromatic heterocycles. The molecule has 1 aromatic rings. The van der Waals surface area contributed by atoms with Gasteiger partial charge in [0.25, 0.3) is 5.91 Å². The van der Waals surface area contributed by atoms with Gasteiger partial charge in [-0.05, 0) is 50.8 Å². The first kappa shape index (κ1) is 20.4. The largest absolute Gasteiger partial charge is 0.452 e. The number of carbonyl (C=O) groups excluding carboxylic acids is 3. The Bertz CT molecular complexity index is 761. The molecular weight excluding hydrogens is 375 g/mol. The Labute approximate surface area is 160 Å². The van der Waals surface area contributed by atoms with E-state index >= 15 is 0 Å². The van der Waals surface area contributed by atoms with Gasteiger partial charge in [-0.2, -0.15) is 13.2 Å². The van der Waals surface area contributed by atoms with E-state index in [1.54, 1.807) is 0 Å². The Balaban J connectivity index is 1.57. The van der Waals surface area contributed by atoms with Crippen molar-refractivity contribution >= 4 is 23.3 Å². The first-order valence-electron chi connectivity index (χ1n) is 9.37. The number of esters is 1. The molecule has 0 spiro atoms. The van der Waals surface area contributed by atoms with Crippen LogP contribution in [0.15, 0.2) is 24.3 Å². The van der Waals surface area contributed by atoms with Gasteiger partial charge in [0.15, 0.2) is 6.10 Å². The Morgan fingerprint density at radius 2 is 1.82 bits per heavy atom. The van der Waals surface area contributed by atoms with Gasteiger partial charge in [0.05, 0.1) is 11.5 Å². The smallest absolute Gasteiger partial charge is 0.416 e. The summed E-state index contributed by atoms with van der Waals surface area (Å²) in [6.45, 7) is 1.37. The maximum atomic E-state index is 12.8. The van der Waals surface area contributed by atoms with Crippen molar-refractivity contribution in [3.8, 4) is 0 Å². The first-order chi connectivity index (χ1) is 13.1. The molecular formula is C20H22F3NO4. The summed E-state index contributed by atoms with van der Waals surface area (Å²) in [6.07, 6.45) is -2.24. The van der Waals surface area contributed by atoms with Gasteiger partial charge in [0.1, 0.15) is 5.78 Å². The zero-order valence-corrected chi connectivity index (χ0v) is 15.4. The second-order valence-electron chi connectivity index (χ2n) is 7.54. The van der Waals surface area contributed by atoms with E-state index in [1.165, 1.54) is 19.1 Å². The number of amides is 1. The Morgan fingerprint density at radius 1 is 1.18 bits per heavy atom. The van der Waals surface area contributed by atoms with E-state index in [0.29, 0.717) is 12.8 Å². The molecule has 0 heterocycles. The van der Waals surface area contributed by atoms with Crippen LogP contribution in [0.25, 0.3) is 0 Å². The number of fused-ring (bicyclic) bond motifs is 2. The minimum Gasteiger partial charge on any atom is -0.452 e. The molecule has 152 valence electrons. The molecule has 2 aliphatic rings. The van der Waals surface area contributed by atoms with Crippen molar-refractivity contribution in [1.29, 1.82) is 0 Å². The molecule has 0 radical (unpaired) electrons. The fourth-order valence-corrected chi connectivity index (χ4v) is 4.01. The molecule has 0 aliphatic heterocycles. The lowest BCUT2D eigenvalue weighted by molar-refractivity contribution is -0.161. The van der Waals surface area contributed by atoms with E-state index in [4.69, 9.17) is 4.74 Å². The highest BCUT2D eigenvalue weighted by molar-refractivity contribution is 5.95. The molecule has 2 fully saturated rings. The van der Waals surface area contributed by atoms with Gasteiger partial charge in [0, 0.05) is 17.5 Å². The maximum absolute atomic E-state index is 12.8. The standard InChI is InChI=1S/C20H22F3NO4/c1-11(18(26)24-16-7-3-6-15(10-16)20(21,22)23)28-19(27)14-8-12-4-2-5-13(9-14)17(12)25/h3,6-7,10-14H,2,4-5,8-9H2,1H3,(H,24,26). The topological polar surface area (TPSA) is 72.5 Å². The molecule has 3 atom stereocenters. The summed E-state index contributed by atoms with van der Waals surface area (Å²) in [7, 11) is 0. The molecule has 3 rings (SSSR count). The number of carbonyl (C=O) groups is 3. The van der Waals surface area contributed by atoms with Crippen LogP contribution in [0.4, 0.5) is 18.9 Å². The lowest BCUT2D eigenvalue weighted by atomic mass is 9.67. The van der Waals surface area contributed by atoms with Crippen LogP contribution in [0.5, 0.6) is 0 Å². The Hall–Kier alpha value is -2.38. The minimum absolute atomic E-state index is 0.0273. The number of halogens is 3. The van der Waals surface area contributed by atoms with Crippen molar-refractivity contribution in [3.05, 3.63) is 29.8 Å². The minimum atomic E-state index is -4.52. The van der Waals surface area contributed by atoms with Crippen molar-refractivity contribution in [3.63, 3.8) is 0 Å². The van der Waals surface area contributed by atoms with E-state index in [9.17, 15) is 27.6 Å². The number of anilines is 1. The van der Waals surface area contributed by atoms with Crippen LogP contribution in [-0.4, -0.2) is 23.8 Å². The lowest BCUT2D eigenvalue weighted by Crippen LogP contribution is -2.41. The molecule has 2 aliphatic carbocycles. The third-order valence-electron chi connectivity index (χ3n) is 5.50. The third kappa shape index (κ3) is 4.54. The van der Waals surface area contributed by atoms with Gasteiger partial charge in [-0.25, -0.2) is 0 Å². The second-order valence-corrected chi connectivity index (χ2v) is 7.54. The quantitative estimate of drug-likeness (QED) is 0.781. The monoisotopic (exact) mass is 397 g/mol. The number of ether oxygens (including phenoxy) is 1. The van der Waals surface area contributed by atoms with E-state index in [1.807, 2.05) is 0 Å². The molecule has 3 unspecified atom stereocenters. The van der Waals surface area contributed by atoms with E-state index in [-0.39, 0.29) is 23.3 Å². The number of alkyl halides is 3. The van der Waals surface area contributed by atoms with Crippen LogP contribution >= 0.6 is 0 Å². The molecule has 8 heteroatoms. The summed E-state index contributed by atoms with van der Waals surface area (Å²) in [5, 5.41) is 2.34. The third-order valence-corrected chi connectivity index (χ3v) is 5.50. The van der Waals surface area contributed by atoms with Crippen LogP contribution < -0.4 is 5.32 Å². The number of nitrogens with one attached hydrogen (secondary N) is 1. The summed E-state index contributed by atoms with van der Waals surface area (Å²) >= 11 is 0. The average molecular weight is 397 g/mol. The van der Waals surface area contributed by atoms with Gasteiger partial charge in [-0.3, -0.25) is 14.4 Å². The summed E-state index contributed by atoms with van der Waals surface area (Å²) in [5.41, 5.74) is -0.908. The molecule has 1 aromatic carbocycles. The molecule has 2 bridgehead atoms. The first-order valence-corrected chi connectivity index (χ1v) is 9.37. The number of benzene rings is 1. The van der Waals surface area contributed by atoms with Gasteiger partial charge in [0.2, 0.25) is 0 Å². The highest BCUT2D eigenvalue weighted by atomic mass is 19.4. The Morgan fingerprint density at radius 3 is 2.43 bits per heavy atom. The van der Waals surface area contributed by atoms with Crippen molar-refractivity contribution in [1.82, 2.24) is 0 Å². The van der Waals surface area contributed by atoms with E-state index in [2.05, 4.69) is 5.32 Å². The van der Waals surface area contributed by atoms with Crippen molar-refractivity contribution in [2.75, 3.05) is 5.32 Å². The number of hydrogen-bond donors (Lipinski definition) is 1. The second kappa shape index (κ2) is 7.93. The van der Waals surface area contributed by atoms with Gasteiger partial charge in [-0.1, -0.05) is 12.5 Å².